The van der Waals surface area contributed by atoms with Crippen LogP contribution in [0.4, 0.5) is 0 Å². The number of nitrogens with zero attached hydrogens (tertiary/aromatic N) is 2. The fourth-order valence-corrected chi connectivity index (χ4v) is 4.34. The number of hydrogen-bond acceptors (Lipinski definition) is 5. The minimum absolute atomic E-state index is 0.0613. The Morgan fingerprint density at radius 2 is 2.04 bits per heavy atom. The summed E-state index contributed by atoms with van der Waals surface area (Å²) in [6.45, 7) is 5.27. The van der Waals surface area contributed by atoms with Gasteiger partial charge in [-0.2, -0.15) is 0 Å². The highest BCUT2D eigenvalue weighted by molar-refractivity contribution is 9.10. The van der Waals surface area contributed by atoms with Gasteiger partial charge < -0.3 is 15.4 Å². The molecule has 136 valence electrons. The van der Waals surface area contributed by atoms with Crippen LogP contribution in [0.15, 0.2) is 40.3 Å². The van der Waals surface area contributed by atoms with E-state index >= 15 is 0 Å². The first-order chi connectivity index (χ1) is 12.2. The molecular weight excluding hydrogens is 398 g/mol. The summed E-state index contributed by atoms with van der Waals surface area (Å²) < 4.78 is 7.41. The zero-order valence-electron chi connectivity index (χ0n) is 14.6. The van der Waals surface area contributed by atoms with E-state index in [4.69, 9.17) is 10.5 Å². The van der Waals surface area contributed by atoms with Crippen LogP contribution in [0.25, 0.3) is 0 Å². The van der Waals surface area contributed by atoms with Crippen molar-refractivity contribution < 1.29 is 4.74 Å². The molecule has 1 saturated heterocycles. The van der Waals surface area contributed by atoms with Gasteiger partial charge in [0.25, 0.3) is 5.19 Å². The average molecular weight is 424 g/mol. The van der Waals surface area contributed by atoms with Crippen molar-refractivity contribution in [2.24, 2.45) is 11.7 Å². The minimum Gasteiger partial charge on any atom is -0.462 e. The summed E-state index contributed by atoms with van der Waals surface area (Å²) in [7, 11) is 0. The first-order valence-electron chi connectivity index (χ1n) is 8.93. The molecule has 2 heterocycles. The van der Waals surface area contributed by atoms with E-state index < -0.39 is 0 Å². The van der Waals surface area contributed by atoms with E-state index in [0.29, 0.717) is 12.0 Å². The molecule has 2 atom stereocenters. The Bertz CT molecular complexity index is 627. The van der Waals surface area contributed by atoms with E-state index in [1.807, 2.05) is 5.38 Å². The molecule has 25 heavy (non-hydrogen) atoms. The van der Waals surface area contributed by atoms with Crippen molar-refractivity contribution in [3.8, 4) is 5.19 Å². The quantitative estimate of drug-likeness (QED) is 0.713. The van der Waals surface area contributed by atoms with Gasteiger partial charge in [0.2, 0.25) is 0 Å². The van der Waals surface area contributed by atoms with Gasteiger partial charge in [0.1, 0.15) is 6.10 Å². The van der Waals surface area contributed by atoms with Crippen LogP contribution in [0.5, 0.6) is 5.19 Å². The van der Waals surface area contributed by atoms with Crippen LogP contribution in [0, 0.1) is 5.92 Å². The Hall–Kier alpha value is -0.950. The Balaban J connectivity index is 1.70. The molecule has 1 fully saturated rings. The fraction of sp³-hybridized carbons (Fsp3) is 0.526. The number of thiazole rings is 1. The van der Waals surface area contributed by atoms with Crippen molar-refractivity contribution >= 4 is 27.3 Å². The van der Waals surface area contributed by atoms with E-state index in [1.54, 1.807) is 17.5 Å². The summed E-state index contributed by atoms with van der Waals surface area (Å²) in [5, 5.41) is 2.72. The first-order valence-corrected chi connectivity index (χ1v) is 10.6. The molecule has 4 nitrogen and oxygen atoms in total. The molecule has 0 bridgehead atoms. The summed E-state index contributed by atoms with van der Waals surface area (Å²) in [4.78, 5) is 6.89. The van der Waals surface area contributed by atoms with Crippen molar-refractivity contribution in [1.29, 1.82) is 0 Å². The van der Waals surface area contributed by atoms with E-state index in [-0.39, 0.29) is 6.10 Å². The summed E-state index contributed by atoms with van der Waals surface area (Å²) >= 11 is 5.08. The van der Waals surface area contributed by atoms with Crippen LogP contribution in [0.1, 0.15) is 37.9 Å². The minimum atomic E-state index is 0.0613. The normalized spacial score (nSPS) is 18.8. The molecule has 0 amide bonds. The number of hydrogen-bond donors (Lipinski definition) is 1. The van der Waals surface area contributed by atoms with E-state index in [1.165, 1.54) is 5.56 Å². The van der Waals surface area contributed by atoms with Crippen molar-refractivity contribution in [2.75, 3.05) is 19.6 Å². The molecule has 6 heteroatoms. The summed E-state index contributed by atoms with van der Waals surface area (Å²) in [6, 6.07) is 9.06. The third-order valence-electron chi connectivity index (χ3n) is 5.05. The van der Waals surface area contributed by atoms with Crippen LogP contribution in [-0.4, -0.2) is 35.6 Å². The molecule has 2 unspecified atom stereocenters. The Kier molecular flexibility index (Phi) is 6.87. The van der Waals surface area contributed by atoms with Crippen LogP contribution >= 0.6 is 27.3 Å². The largest absolute Gasteiger partial charge is 0.462 e. The molecule has 1 aromatic carbocycles. The van der Waals surface area contributed by atoms with Crippen LogP contribution < -0.4 is 10.5 Å². The van der Waals surface area contributed by atoms with E-state index in [2.05, 4.69) is 57.0 Å². The second kappa shape index (κ2) is 9.12. The van der Waals surface area contributed by atoms with Gasteiger partial charge in [0.15, 0.2) is 0 Å². The molecular formula is C19H26BrN3OS. The average Bonchev–Trinajstić information content (AvgIpc) is 3.14. The molecule has 0 aliphatic carbocycles. The van der Waals surface area contributed by atoms with Crippen molar-refractivity contribution in [1.82, 2.24) is 9.88 Å². The molecule has 3 rings (SSSR count). The highest BCUT2D eigenvalue weighted by Gasteiger charge is 2.31. The van der Waals surface area contributed by atoms with E-state index in [9.17, 15) is 0 Å². The first kappa shape index (κ1) is 18.8. The predicted octanol–water partition coefficient (Wildman–Crippen LogP) is 4.48. The van der Waals surface area contributed by atoms with E-state index in [0.717, 1.165) is 48.6 Å². The standard InChI is InChI=1S/C19H26BrN3OS/c1-14(6-9-21)23-11-7-16(8-12-23)18(24-19-22-10-13-25-19)15-2-4-17(20)5-3-15/h2-5,10,13-14,16,18H,6-9,11-12,21H2,1H3. The van der Waals surface area contributed by atoms with Gasteiger partial charge in [0.05, 0.1) is 0 Å². The number of rotatable bonds is 7. The summed E-state index contributed by atoms with van der Waals surface area (Å²) in [5.74, 6) is 0.506. The zero-order valence-corrected chi connectivity index (χ0v) is 17.0. The molecule has 2 aromatic rings. The Morgan fingerprint density at radius 3 is 2.64 bits per heavy atom. The maximum absolute atomic E-state index is 6.32. The third-order valence-corrected chi connectivity index (χ3v) is 6.24. The van der Waals surface area contributed by atoms with Gasteiger partial charge >= 0.3 is 0 Å². The number of benzene rings is 1. The molecule has 0 saturated carbocycles. The van der Waals surface area contributed by atoms with Crippen molar-refractivity contribution in [3.63, 3.8) is 0 Å². The number of nitrogens with two attached hydrogens (primary N) is 1. The lowest BCUT2D eigenvalue weighted by Gasteiger charge is -2.38. The van der Waals surface area contributed by atoms with Crippen molar-refractivity contribution in [2.45, 2.75) is 38.3 Å². The van der Waals surface area contributed by atoms with Crippen LogP contribution in [0.2, 0.25) is 0 Å². The summed E-state index contributed by atoms with van der Waals surface area (Å²) in [6.07, 6.45) is 5.21. The lowest BCUT2D eigenvalue weighted by molar-refractivity contribution is 0.0611. The highest BCUT2D eigenvalue weighted by atomic mass is 79.9. The van der Waals surface area contributed by atoms with Crippen molar-refractivity contribution in [3.05, 3.63) is 45.9 Å². The predicted molar refractivity (Wildman–Crippen MR) is 107 cm³/mol. The monoisotopic (exact) mass is 423 g/mol. The molecule has 0 radical (unpaired) electrons. The number of piperidine rings is 1. The van der Waals surface area contributed by atoms with Gasteiger partial charge in [-0.15, -0.1) is 0 Å². The maximum atomic E-state index is 6.32. The lowest BCUT2D eigenvalue weighted by Crippen LogP contribution is -2.42. The lowest BCUT2D eigenvalue weighted by atomic mass is 9.86. The maximum Gasteiger partial charge on any atom is 0.273 e. The number of aromatic nitrogens is 1. The Morgan fingerprint density at radius 1 is 1.32 bits per heavy atom. The number of likely N-dealkylation sites (tertiary alicyclic amines) is 1. The topological polar surface area (TPSA) is 51.4 Å². The molecule has 1 aromatic heterocycles. The molecule has 1 aliphatic heterocycles. The molecule has 0 spiro atoms. The van der Waals surface area contributed by atoms with Gasteiger partial charge in [-0.05, 0) is 63.5 Å². The number of halogens is 1. The Labute approximate surface area is 162 Å². The second-order valence-electron chi connectivity index (χ2n) is 6.69. The smallest absolute Gasteiger partial charge is 0.273 e. The zero-order chi connectivity index (χ0) is 17.6. The van der Waals surface area contributed by atoms with Gasteiger partial charge in [0, 0.05) is 28.0 Å². The fourth-order valence-electron chi connectivity index (χ4n) is 3.55. The van der Waals surface area contributed by atoms with Gasteiger partial charge in [-0.3, -0.25) is 0 Å². The third kappa shape index (κ3) is 5.03. The molecule has 2 N–H and O–H groups in total. The second-order valence-corrected chi connectivity index (χ2v) is 8.46. The summed E-state index contributed by atoms with van der Waals surface area (Å²) in [5.41, 5.74) is 6.95. The number of ether oxygens (including phenoxy) is 1. The van der Waals surface area contributed by atoms with Crippen LogP contribution in [-0.2, 0) is 0 Å². The highest BCUT2D eigenvalue weighted by Crippen LogP contribution is 2.36. The SMILES string of the molecule is CC(CCN)N1CCC(C(Oc2nccs2)c2ccc(Br)cc2)CC1. The van der Waals surface area contributed by atoms with Gasteiger partial charge in [-0.1, -0.05) is 39.4 Å². The van der Waals surface area contributed by atoms with Gasteiger partial charge in [-0.25, -0.2) is 4.98 Å². The van der Waals surface area contributed by atoms with Crippen LogP contribution in [0.3, 0.4) is 0 Å². The molecule has 1 aliphatic rings.